The summed E-state index contributed by atoms with van der Waals surface area (Å²) in [7, 11) is 3.14. The Balaban J connectivity index is 2.09. The minimum atomic E-state index is -0.552. The smallest absolute Gasteiger partial charge is 0.372 e. The molecule has 0 aliphatic rings. The molecule has 2 rings (SSSR count). The first-order chi connectivity index (χ1) is 12.1. The summed E-state index contributed by atoms with van der Waals surface area (Å²) in [5.41, 5.74) is 0.726. The van der Waals surface area contributed by atoms with E-state index in [4.69, 9.17) is 14.2 Å². The Bertz CT molecular complexity index is 738. The molecule has 0 bridgehead atoms. The number of aromatic nitrogens is 2. The van der Waals surface area contributed by atoms with Crippen LogP contribution in [-0.2, 0) is 6.42 Å². The van der Waals surface area contributed by atoms with Gasteiger partial charge in [-0.2, -0.15) is 4.98 Å². The molecule has 9 nitrogen and oxygen atoms in total. The average molecular weight is 348 g/mol. The van der Waals surface area contributed by atoms with Crippen LogP contribution in [0.3, 0.4) is 0 Å². The van der Waals surface area contributed by atoms with Crippen LogP contribution in [0.2, 0.25) is 0 Å². The highest BCUT2D eigenvalue weighted by molar-refractivity contribution is 5.61. The summed E-state index contributed by atoms with van der Waals surface area (Å²) in [4.78, 5) is 18.5. The summed E-state index contributed by atoms with van der Waals surface area (Å²) < 4.78 is 15.7. The lowest BCUT2D eigenvalue weighted by Crippen LogP contribution is -2.10. The van der Waals surface area contributed by atoms with E-state index in [1.807, 2.05) is 18.2 Å². The number of hydrogen-bond donors (Lipinski definition) is 1. The van der Waals surface area contributed by atoms with Gasteiger partial charge in [0.15, 0.2) is 11.5 Å². The van der Waals surface area contributed by atoms with Gasteiger partial charge >= 0.3 is 5.69 Å². The van der Waals surface area contributed by atoms with Crippen LogP contribution < -0.4 is 19.5 Å². The SMILES string of the molecule is CCOc1ncnc(NCCc2ccc(OC)c(OC)c2)c1[N+](=O)[O-]. The molecule has 1 aromatic heterocycles. The molecule has 1 heterocycles. The fourth-order valence-electron chi connectivity index (χ4n) is 2.26. The second kappa shape index (κ2) is 8.67. The number of methoxy groups -OCH3 is 2. The predicted octanol–water partition coefficient (Wildman–Crippen LogP) is 2.46. The number of hydrogen-bond acceptors (Lipinski definition) is 8. The Morgan fingerprint density at radius 1 is 1.20 bits per heavy atom. The molecule has 0 amide bonds. The van der Waals surface area contributed by atoms with Crippen molar-refractivity contribution in [3.63, 3.8) is 0 Å². The van der Waals surface area contributed by atoms with Crippen LogP contribution in [-0.4, -0.2) is 42.3 Å². The molecule has 0 spiro atoms. The van der Waals surface area contributed by atoms with Gasteiger partial charge in [0.25, 0.3) is 5.88 Å². The summed E-state index contributed by atoms with van der Waals surface area (Å²) in [6.45, 7) is 2.46. The summed E-state index contributed by atoms with van der Waals surface area (Å²) in [5, 5.41) is 14.2. The average Bonchev–Trinajstić information content (AvgIpc) is 2.61. The van der Waals surface area contributed by atoms with E-state index in [1.54, 1.807) is 21.1 Å². The first-order valence-electron chi connectivity index (χ1n) is 7.67. The normalized spacial score (nSPS) is 10.2. The topological polar surface area (TPSA) is 109 Å². The van der Waals surface area contributed by atoms with Gasteiger partial charge < -0.3 is 19.5 Å². The summed E-state index contributed by atoms with van der Waals surface area (Å²) in [6.07, 6.45) is 1.85. The van der Waals surface area contributed by atoms with E-state index in [2.05, 4.69) is 15.3 Å². The molecular formula is C16H20N4O5. The number of anilines is 1. The second-order valence-corrected chi connectivity index (χ2v) is 4.93. The molecule has 0 radical (unpaired) electrons. The van der Waals surface area contributed by atoms with Gasteiger partial charge in [-0.05, 0) is 31.0 Å². The first-order valence-corrected chi connectivity index (χ1v) is 7.67. The Morgan fingerprint density at radius 3 is 2.60 bits per heavy atom. The van der Waals surface area contributed by atoms with Gasteiger partial charge in [0.05, 0.1) is 25.7 Å². The number of rotatable bonds is 9. The molecular weight excluding hydrogens is 328 g/mol. The van der Waals surface area contributed by atoms with Crippen LogP contribution >= 0.6 is 0 Å². The van der Waals surface area contributed by atoms with Crippen LogP contribution in [0.4, 0.5) is 11.5 Å². The van der Waals surface area contributed by atoms with Gasteiger partial charge in [-0.1, -0.05) is 6.07 Å². The Labute approximate surface area is 145 Å². The lowest BCUT2D eigenvalue weighted by Gasteiger charge is -2.11. The minimum Gasteiger partial charge on any atom is -0.493 e. The molecule has 1 aromatic carbocycles. The Morgan fingerprint density at radius 2 is 1.96 bits per heavy atom. The van der Waals surface area contributed by atoms with Crippen molar-refractivity contribution >= 4 is 11.5 Å². The maximum atomic E-state index is 11.3. The van der Waals surface area contributed by atoms with Crippen molar-refractivity contribution in [2.45, 2.75) is 13.3 Å². The zero-order chi connectivity index (χ0) is 18.2. The van der Waals surface area contributed by atoms with Crippen molar-refractivity contribution < 1.29 is 19.1 Å². The molecule has 134 valence electrons. The van der Waals surface area contributed by atoms with Crippen LogP contribution in [0.5, 0.6) is 17.4 Å². The second-order valence-electron chi connectivity index (χ2n) is 4.93. The quantitative estimate of drug-likeness (QED) is 0.544. The fourth-order valence-corrected chi connectivity index (χ4v) is 2.26. The van der Waals surface area contributed by atoms with E-state index < -0.39 is 4.92 Å². The summed E-state index contributed by atoms with van der Waals surface area (Å²) in [6, 6.07) is 5.58. The highest BCUT2D eigenvalue weighted by Gasteiger charge is 2.23. The van der Waals surface area contributed by atoms with Gasteiger partial charge in [-0.3, -0.25) is 10.1 Å². The van der Waals surface area contributed by atoms with E-state index in [-0.39, 0.29) is 24.0 Å². The van der Waals surface area contributed by atoms with Crippen LogP contribution in [0.1, 0.15) is 12.5 Å². The van der Waals surface area contributed by atoms with Crippen molar-refractivity contribution in [2.75, 3.05) is 32.7 Å². The third-order valence-electron chi connectivity index (χ3n) is 3.41. The van der Waals surface area contributed by atoms with Gasteiger partial charge in [0.1, 0.15) is 6.33 Å². The van der Waals surface area contributed by atoms with Crippen LogP contribution in [0.15, 0.2) is 24.5 Å². The number of nitrogens with zero attached hydrogens (tertiary/aromatic N) is 3. The lowest BCUT2D eigenvalue weighted by atomic mass is 10.1. The number of nitrogens with one attached hydrogen (secondary N) is 1. The molecule has 0 atom stereocenters. The fraction of sp³-hybridized carbons (Fsp3) is 0.375. The van der Waals surface area contributed by atoms with Crippen LogP contribution in [0, 0.1) is 10.1 Å². The molecule has 1 N–H and O–H groups in total. The number of nitro groups is 1. The van der Waals surface area contributed by atoms with Gasteiger partial charge in [0.2, 0.25) is 5.82 Å². The Kier molecular flexibility index (Phi) is 6.33. The largest absolute Gasteiger partial charge is 0.493 e. The van der Waals surface area contributed by atoms with Crippen molar-refractivity contribution in [1.29, 1.82) is 0 Å². The molecule has 25 heavy (non-hydrogen) atoms. The predicted molar refractivity (Wildman–Crippen MR) is 91.6 cm³/mol. The summed E-state index contributed by atoms with van der Waals surface area (Å²) in [5.74, 6) is 1.36. The van der Waals surface area contributed by atoms with Crippen molar-refractivity contribution in [1.82, 2.24) is 9.97 Å². The van der Waals surface area contributed by atoms with Crippen molar-refractivity contribution in [3.05, 3.63) is 40.2 Å². The molecule has 0 aliphatic heterocycles. The van der Waals surface area contributed by atoms with Crippen molar-refractivity contribution in [2.24, 2.45) is 0 Å². The monoisotopic (exact) mass is 348 g/mol. The lowest BCUT2D eigenvalue weighted by molar-refractivity contribution is -0.385. The molecule has 9 heteroatoms. The standard InChI is InChI=1S/C16H20N4O5/c1-4-25-16-14(20(21)22)15(18-10-19-16)17-8-7-11-5-6-12(23-2)13(9-11)24-3/h5-6,9-10H,4,7-8H2,1-3H3,(H,17,18,19). The third-order valence-corrected chi connectivity index (χ3v) is 3.41. The van der Waals surface area contributed by atoms with Gasteiger partial charge in [-0.15, -0.1) is 0 Å². The van der Waals surface area contributed by atoms with Crippen LogP contribution in [0.25, 0.3) is 0 Å². The maximum absolute atomic E-state index is 11.3. The maximum Gasteiger partial charge on any atom is 0.372 e. The van der Waals surface area contributed by atoms with E-state index in [0.717, 1.165) is 5.56 Å². The zero-order valence-corrected chi connectivity index (χ0v) is 14.3. The van der Waals surface area contributed by atoms with Crippen molar-refractivity contribution in [3.8, 4) is 17.4 Å². The molecule has 0 saturated carbocycles. The number of benzene rings is 1. The molecule has 0 fully saturated rings. The number of ether oxygens (including phenoxy) is 3. The molecule has 0 saturated heterocycles. The molecule has 0 aliphatic carbocycles. The van der Waals surface area contributed by atoms with Gasteiger partial charge in [0, 0.05) is 6.54 Å². The van der Waals surface area contributed by atoms with E-state index >= 15 is 0 Å². The third kappa shape index (κ3) is 4.46. The van der Waals surface area contributed by atoms with E-state index in [9.17, 15) is 10.1 Å². The highest BCUT2D eigenvalue weighted by atomic mass is 16.6. The zero-order valence-electron chi connectivity index (χ0n) is 14.3. The molecule has 0 unspecified atom stereocenters. The summed E-state index contributed by atoms with van der Waals surface area (Å²) >= 11 is 0. The highest BCUT2D eigenvalue weighted by Crippen LogP contribution is 2.31. The first kappa shape index (κ1) is 18.2. The van der Waals surface area contributed by atoms with Gasteiger partial charge in [-0.25, -0.2) is 4.98 Å². The molecule has 2 aromatic rings. The minimum absolute atomic E-state index is 0.0453. The van der Waals surface area contributed by atoms with E-state index in [1.165, 1.54) is 6.33 Å². The Hall–Kier alpha value is -3.10. The van der Waals surface area contributed by atoms with E-state index in [0.29, 0.717) is 24.5 Å².